The van der Waals surface area contributed by atoms with Crippen molar-refractivity contribution in [2.45, 2.75) is 40.2 Å². The summed E-state index contributed by atoms with van der Waals surface area (Å²) in [5.74, 6) is 0.656. The van der Waals surface area contributed by atoms with Crippen LogP contribution in [-0.2, 0) is 4.74 Å². The minimum Gasteiger partial charge on any atom is -0.381 e. The van der Waals surface area contributed by atoms with Crippen LogP contribution in [0.4, 0.5) is 0 Å². The third-order valence-electron chi connectivity index (χ3n) is 1.47. The lowest BCUT2D eigenvalue weighted by atomic mass is 10.2. The Morgan fingerprint density at radius 2 is 1.83 bits per heavy atom. The van der Waals surface area contributed by atoms with Crippen LogP contribution >= 0.6 is 0 Å². The summed E-state index contributed by atoms with van der Waals surface area (Å²) in [5, 5.41) is 3.35. The van der Waals surface area contributed by atoms with Crippen molar-refractivity contribution in [3.8, 4) is 0 Å². The highest BCUT2D eigenvalue weighted by molar-refractivity contribution is 4.51. The molecular weight excluding hydrogens is 150 g/mol. The summed E-state index contributed by atoms with van der Waals surface area (Å²) in [4.78, 5) is 0. The van der Waals surface area contributed by atoms with Crippen molar-refractivity contribution in [3.63, 3.8) is 0 Å². The van der Waals surface area contributed by atoms with Crippen molar-refractivity contribution < 1.29 is 4.74 Å². The van der Waals surface area contributed by atoms with Gasteiger partial charge in [-0.05, 0) is 18.9 Å². The highest BCUT2D eigenvalue weighted by Crippen LogP contribution is 1.92. The maximum absolute atomic E-state index is 5.44. The molecule has 74 valence electrons. The highest BCUT2D eigenvalue weighted by Gasteiger charge is 1.94. The fraction of sp³-hybridized carbons (Fsp3) is 1.00. The van der Waals surface area contributed by atoms with Gasteiger partial charge in [0.05, 0.1) is 0 Å². The Balaban J connectivity index is 2.91. The van der Waals surface area contributed by atoms with Gasteiger partial charge in [0.1, 0.15) is 0 Å². The van der Waals surface area contributed by atoms with Crippen LogP contribution in [0.25, 0.3) is 0 Å². The lowest BCUT2D eigenvalue weighted by Gasteiger charge is -2.09. The van der Waals surface area contributed by atoms with Crippen molar-refractivity contribution in [1.29, 1.82) is 0 Å². The number of rotatable bonds is 7. The number of nitrogens with one attached hydrogen (secondary N) is 1. The normalized spacial score (nSPS) is 11.5. The third-order valence-corrected chi connectivity index (χ3v) is 1.47. The largest absolute Gasteiger partial charge is 0.381 e. The van der Waals surface area contributed by atoms with Gasteiger partial charge in [0.15, 0.2) is 0 Å². The first kappa shape index (κ1) is 11.9. The van der Waals surface area contributed by atoms with E-state index in [1.165, 1.54) is 0 Å². The van der Waals surface area contributed by atoms with Gasteiger partial charge in [-0.1, -0.05) is 27.7 Å². The lowest BCUT2D eigenvalue weighted by molar-refractivity contribution is 0.107. The molecule has 0 aromatic rings. The average Bonchev–Trinajstić information content (AvgIpc) is 1.95. The molecule has 1 N–H and O–H groups in total. The molecule has 0 atom stereocenters. The average molecular weight is 173 g/mol. The molecule has 0 fully saturated rings. The zero-order chi connectivity index (χ0) is 9.40. The van der Waals surface area contributed by atoms with Crippen molar-refractivity contribution in [2.75, 3.05) is 19.8 Å². The van der Waals surface area contributed by atoms with Gasteiger partial charge in [-0.25, -0.2) is 0 Å². The predicted molar refractivity (Wildman–Crippen MR) is 53.4 cm³/mol. The summed E-state index contributed by atoms with van der Waals surface area (Å²) in [6.45, 7) is 11.5. The van der Waals surface area contributed by atoms with Crippen molar-refractivity contribution >= 4 is 0 Å². The maximum atomic E-state index is 5.44. The van der Waals surface area contributed by atoms with E-state index in [1.807, 2.05) is 0 Å². The SMILES string of the molecule is CC(C)COCCCNC(C)C. The fourth-order valence-corrected chi connectivity index (χ4v) is 0.884. The van der Waals surface area contributed by atoms with E-state index in [0.29, 0.717) is 12.0 Å². The van der Waals surface area contributed by atoms with Crippen molar-refractivity contribution in [1.82, 2.24) is 5.32 Å². The molecule has 0 heterocycles. The van der Waals surface area contributed by atoms with Gasteiger partial charge < -0.3 is 10.1 Å². The van der Waals surface area contributed by atoms with Gasteiger partial charge in [0.2, 0.25) is 0 Å². The summed E-state index contributed by atoms with van der Waals surface area (Å²) in [7, 11) is 0. The van der Waals surface area contributed by atoms with E-state index in [1.54, 1.807) is 0 Å². The smallest absolute Gasteiger partial charge is 0.0489 e. The second kappa shape index (κ2) is 7.56. The number of hydrogen-bond donors (Lipinski definition) is 1. The highest BCUT2D eigenvalue weighted by atomic mass is 16.5. The number of hydrogen-bond acceptors (Lipinski definition) is 2. The van der Waals surface area contributed by atoms with Crippen LogP contribution in [0.3, 0.4) is 0 Å². The Hall–Kier alpha value is -0.0800. The lowest BCUT2D eigenvalue weighted by Crippen LogP contribution is -2.24. The molecular formula is C10H23NO. The van der Waals surface area contributed by atoms with Gasteiger partial charge in [-0.15, -0.1) is 0 Å². The summed E-state index contributed by atoms with van der Waals surface area (Å²) in [5.41, 5.74) is 0. The zero-order valence-corrected chi connectivity index (χ0v) is 8.89. The molecule has 0 aliphatic heterocycles. The van der Waals surface area contributed by atoms with E-state index in [-0.39, 0.29) is 0 Å². The molecule has 2 heteroatoms. The van der Waals surface area contributed by atoms with E-state index in [9.17, 15) is 0 Å². The van der Waals surface area contributed by atoms with Crippen molar-refractivity contribution in [2.24, 2.45) is 5.92 Å². The first-order chi connectivity index (χ1) is 5.63. The molecule has 0 aliphatic rings. The van der Waals surface area contributed by atoms with Crippen molar-refractivity contribution in [3.05, 3.63) is 0 Å². The standard InChI is InChI=1S/C10H23NO/c1-9(2)8-12-7-5-6-11-10(3)4/h9-11H,5-8H2,1-4H3. The first-order valence-corrected chi connectivity index (χ1v) is 4.94. The Kier molecular flexibility index (Phi) is 7.51. The molecule has 0 saturated heterocycles. The van der Waals surface area contributed by atoms with E-state index >= 15 is 0 Å². The molecule has 0 spiro atoms. The predicted octanol–water partition coefficient (Wildman–Crippen LogP) is 2.05. The van der Waals surface area contributed by atoms with Crippen LogP contribution in [0, 0.1) is 5.92 Å². The summed E-state index contributed by atoms with van der Waals surface area (Å²) < 4.78 is 5.44. The fourth-order valence-electron chi connectivity index (χ4n) is 0.884. The number of ether oxygens (including phenoxy) is 1. The van der Waals surface area contributed by atoms with Crippen LogP contribution in [0.2, 0.25) is 0 Å². The summed E-state index contributed by atoms with van der Waals surface area (Å²) >= 11 is 0. The first-order valence-electron chi connectivity index (χ1n) is 4.94. The Morgan fingerprint density at radius 1 is 1.17 bits per heavy atom. The van der Waals surface area contributed by atoms with Crippen LogP contribution in [0.5, 0.6) is 0 Å². The molecule has 0 aromatic carbocycles. The zero-order valence-electron chi connectivity index (χ0n) is 8.89. The van der Waals surface area contributed by atoms with E-state index in [0.717, 1.165) is 26.2 Å². The van der Waals surface area contributed by atoms with Crippen LogP contribution in [0.15, 0.2) is 0 Å². The molecule has 0 aliphatic carbocycles. The minimum atomic E-state index is 0.593. The van der Waals surface area contributed by atoms with Crippen LogP contribution in [-0.4, -0.2) is 25.8 Å². The molecule has 0 saturated carbocycles. The van der Waals surface area contributed by atoms with E-state index in [2.05, 4.69) is 33.0 Å². The van der Waals surface area contributed by atoms with Gasteiger partial charge in [0.25, 0.3) is 0 Å². The minimum absolute atomic E-state index is 0.593. The molecule has 0 bridgehead atoms. The molecule has 0 unspecified atom stereocenters. The molecule has 0 radical (unpaired) electrons. The Morgan fingerprint density at radius 3 is 2.33 bits per heavy atom. The van der Waals surface area contributed by atoms with Gasteiger partial charge >= 0.3 is 0 Å². The quantitative estimate of drug-likeness (QED) is 0.595. The van der Waals surface area contributed by atoms with Gasteiger partial charge in [-0.2, -0.15) is 0 Å². The molecule has 2 nitrogen and oxygen atoms in total. The Bertz CT molecular complexity index is 79.8. The van der Waals surface area contributed by atoms with E-state index in [4.69, 9.17) is 4.74 Å². The molecule has 12 heavy (non-hydrogen) atoms. The van der Waals surface area contributed by atoms with Crippen LogP contribution < -0.4 is 5.32 Å². The second-order valence-electron chi connectivity index (χ2n) is 3.93. The summed E-state index contributed by atoms with van der Waals surface area (Å²) in [6.07, 6.45) is 1.12. The Labute approximate surface area is 76.7 Å². The third kappa shape index (κ3) is 9.92. The second-order valence-corrected chi connectivity index (χ2v) is 3.93. The molecule has 0 amide bonds. The van der Waals surface area contributed by atoms with Crippen LogP contribution in [0.1, 0.15) is 34.1 Å². The van der Waals surface area contributed by atoms with E-state index < -0.39 is 0 Å². The topological polar surface area (TPSA) is 21.3 Å². The molecule has 0 aromatic heterocycles. The summed E-state index contributed by atoms with van der Waals surface area (Å²) in [6, 6.07) is 0.593. The monoisotopic (exact) mass is 173 g/mol. The van der Waals surface area contributed by atoms with Gasteiger partial charge in [-0.3, -0.25) is 0 Å². The molecule has 0 rings (SSSR count). The van der Waals surface area contributed by atoms with Gasteiger partial charge in [0, 0.05) is 19.3 Å². The maximum Gasteiger partial charge on any atom is 0.0489 e.